The van der Waals surface area contributed by atoms with Crippen molar-refractivity contribution in [2.24, 2.45) is 7.05 Å². The van der Waals surface area contributed by atoms with E-state index < -0.39 is 0 Å². The van der Waals surface area contributed by atoms with Crippen molar-refractivity contribution in [1.29, 1.82) is 0 Å². The van der Waals surface area contributed by atoms with E-state index >= 15 is 0 Å². The van der Waals surface area contributed by atoms with Crippen LogP contribution in [0.3, 0.4) is 0 Å². The third-order valence-corrected chi connectivity index (χ3v) is 4.34. The molecule has 1 N–H and O–H groups in total. The number of nitrogens with one attached hydrogen (secondary N) is 1. The minimum absolute atomic E-state index is 0.153. The third kappa shape index (κ3) is 4.28. The van der Waals surface area contributed by atoms with E-state index in [2.05, 4.69) is 10.4 Å². The number of hydrogen-bond donors (Lipinski definition) is 1. The van der Waals surface area contributed by atoms with E-state index in [1.807, 2.05) is 42.5 Å². The highest BCUT2D eigenvalue weighted by Crippen LogP contribution is 2.32. The SMILES string of the molecule is COc1ccc(-c2cc(C(=O)NCCc3ccccc3)n(C)n2)c(OC)c1. The smallest absolute Gasteiger partial charge is 0.269 e. The Kier molecular flexibility index (Phi) is 5.76. The van der Waals surface area contributed by atoms with Gasteiger partial charge in [-0.2, -0.15) is 5.10 Å². The standard InChI is InChI=1S/C21H23N3O3/c1-24-19(21(25)22-12-11-15-7-5-4-6-8-15)14-18(23-24)17-10-9-16(26-2)13-20(17)27-3/h4-10,13-14H,11-12H2,1-3H3,(H,22,25). The molecule has 3 rings (SSSR count). The zero-order chi connectivity index (χ0) is 19.2. The summed E-state index contributed by atoms with van der Waals surface area (Å²) in [6.45, 7) is 0.565. The molecule has 2 aromatic carbocycles. The lowest BCUT2D eigenvalue weighted by Crippen LogP contribution is -2.27. The zero-order valence-corrected chi connectivity index (χ0v) is 15.7. The van der Waals surface area contributed by atoms with E-state index in [0.717, 1.165) is 12.0 Å². The Labute approximate surface area is 158 Å². The van der Waals surface area contributed by atoms with Crippen molar-refractivity contribution >= 4 is 5.91 Å². The van der Waals surface area contributed by atoms with Crippen LogP contribution in [-0.4, -0.2) is 36.5 Å². The summed E-state index contributed by atoms with van der Waals surface area (Å²) >= 11 is 0. The highest BCUT2D eigenvalue weighted by molar-refractivity contribution is 5.93. The van der Waals surface area contributed by atoms with Gasteiger partial charge in [0.15, 0.2) is 0 Å². The van der Waals surface area contributed by atoms with Gasteiger partial charge in [-0.3, -0.25) is 9.48 Å². The van der Waals surface area contributed by atoms with Gasteiger partial charge >= 0.3 is 0 Å². The van der Waals surface area contributed by atoms with Crippen LogP contribution in [0.1, 0.15) is 16.1 Å². The van der Waals surface area contributed by atoms with Gasteiger partial charge in [0.25, 0.3) is 5.91 Å². The number of carbonyl (C=O) groups excluding carboxylic acids is 1. The molecule has 0 atom stereocenters. The number of ether oxygens (including phenoxy) is 2. The van der Waals surface area contributed by atoms with Crippen molar-refractivity contribution < 1.29 is 14.3 Å². The summed E-state index contributed by atoms with van der Waals surface area (Å²) in [5, 5.41) is 7.42. The summed E-state index contributed by atoms with van der Waals surface area (Å²) < 4.78 is 12.2. The molecule has 1 amide bonds. The molecule has 0 saturated heterocycles. The number of amides is 1. The maximum atomic E-state index is 12.5. The first-order chi connectivity index (χ1) is 13.1. The number of rotatable bonds is 7. The molecule has 0 aliphatic heterocycles. The molecule has 1 heterocycles. The van der Waals surface area contributed by atoms with Crippen LogP contribution in [0.4, 0.5) is 0 Å². The third-order valence-electron chi connectivity index (χ3n) is 4.34. The van der Waals surface area contributed by atoms with Crippen molar-refractivity contribution in [1.82, 2.24) is 15.1 Å². The second kappa shape index (κ2) is 8.40. The van der Waals surface area contributed by atoms with Gasteiger partial charge in [0.2, 0.25) is 0 Å². The van der Waals surface area contributed by atoms with Crippen molar-refractivity contribution in [3.63, 3.8) is 0 Å². The summed E-state index contributed by atoms with van der Waals surface area (Å²) in [6.07, 6.45) is 0.781. The highest BCUT2D eigenvalue weighted by atomic mass is 16.5. The van der Waals surface area contributed by atoms with Crippen molar-refractivity contribution in [3.8, 4) is 22.8 Å². The predicted molar refractivity (Wildman–Crippen MR) is 104 cm³/mol. The lowest BCUT2D eigenvalue weighted by atomic mass is 10.1. The van der Waals surface area contributed by atoms with Gasteiger partial charge < -0.3 is 14.8 Å². The van der Waals surface area contributed by atoms with Crippen LogP contribution < -0.4 is 14.8 Å². The molecule has 3 aromatic rings. The first kappa shape index (κ1) is 18.5. The Morgan fingerprint density at radius 3 is 2.56 bits per heavy atom. The maximum absolute atomic E-state index is 12.5. The molecule has 0 saturated carbocycles. The van der Waals surface area contributed by atoms with Crippen molar-refractivity contribution in [2.75, 3.05) is 20.8 Å². The Morgan fingerprint density at radius 1 is 1.07 bits per heavy atom. The van der Waals surface area contributed by atoms with Crippen LogP contribution in [0.15, 0.2) is 54.6 Å². The minimum atomic E-state index is -0.153. The number of nitrogens with zero attached hydrogens (tertiary/aromatic N) is 2. The largest absolute Gasteiger partial charge is 0.497 e. The molecule has 0 spiro atoms. The Balaban J connectivity index is 1.73. The second-order valence-corrected chi connectivity index (χ2v) is 6.10. The summed E-state index contributed by atoms with van der Waals surface area (Å²) in [5.41, 5.74) is 3.16. The zero-order valence-electron chi connectivity index (χ0n) is 15.7. The topological polar surface area (TPSA) is 65.4 Å². The fraction of sp³-hybridized carbons (Fsp3) is 0.238. The summed E-state index contributed by atoms with van der Waals surface area (Å²) in [6, 6.07) is 17.3. The van der Waals surface area contributed by atoms with E-state index in [1.165, 1.54) is 5.56 Å². The van der Waals surface area contributed by atoms with Gasteiger partial charge in [0.05, 0.1) is 19.9 Å². The monoisotopic (exact) mass is 365 g/mol. The lowest BCUT2D eigenvalue weighted by molar-refractivity contribution is 0.0944. The molecular weight excluding hydrogens is 342 g/mol. The van der Waals surface area contributed by atoms with Gasteiger partial charge in [-0.05, 0) is 30.2 Å². The van der Waals surface area contributed by atoms with Crippen LogP contribution in [0.25, 0.3) is 11.3 Å². The second-order valence-electron chi connectivity index (χ2n) is 6.10. The molecule has 6 heteroatoms. The van der Waals surface area contributed by atoms with Gasteiger partial charge in [0.1, 0.15) is 17.2 Å². The number of methoxy groups -OCH3 is 2. The number of aryl methyl sites for hydroxylation is 1. The van der Waals surface area contributed by atoms with Crippen LogP contribution in [0, 0.1) is 0 Å². The van der Waals surface area contributed by atoms with E-state index in [1.54, 1.807) is 38.1 Å². The van der Waals surface area contributed by atoms with Crippen LogP contribution in [-0.2, 0) is 13.5 Å². The molecule has 0 fully saturated rings. The summed E-state index contributed by atoms with van der Waals surface area (Å²) in [4.78, 5) is 12.5. The summed E-state index contributed by atoms with van der Waals surface area (Å²) in [7, 11) is 4.96. The number of aromatic nitrogens is 2. The Hall–Kier alpha value is -3.28. The first-order valence-electron chi connectivity index (χ1n) is 8.71. The predicted octanol–water partition coefficient (Wildman–Crippen LogP) is 3.08. The average molecular weight is 365 g/mol. The molecule has 0 unspecified atom stereocenters. The summed E-state index contributed by atoms with van der Waals surface area (Å²) in [5.74, 6) is 1.19. The number of carbonyl (C=O) groups is 1. The minimum Gasteiger partial charge on any atom is -0.497 e. The van der Waals surface area contributed by atoms with Crippen molar-refractivity contribution in [3.05, 3.63) is 65.9 Å². The Morgan fingerprint density at radius 2 is 1.85 bits per heavy atom. The van der Waals surface area contributed by atoms with Gasteiger partial charge in [-0.1, -0.05) is 30.3 Å². The molecule has 0 radical (unpaired) electrons. The van der Waals surface area contributed by atoms with E-state index in [9.17, 15) is 4.79 Å². The van der Waals surface area contributed by atoms with Crippen LogP contribution in [0.2, 0.25) is 0 Å². The lowest BCUT2D eigenvalue weighted by Gasteiger charge is -2.08. The molecular formula is C21H23N3O3. The maximum Gasteiger partial charge on any atom is 0.269 e. The number of benzene rings is 2. The molecule has 0 bridgehead atoms. The Bertz CT molecular complexity index is 920. The molecule has 0 aliphatic rings. The molecule has 0 aliphatic carbocycles. The fourth-order valence-electron chi connectivity index (χ4n) is 2.88. The van der Waals surface area contributed by atoms with E-state index in [-0.39, 0.29) is 5.91 Å². The van der Waals surface area contributed by atoms with Gasteiger partial charge in [0, 0.05) is 25.2 Å². The molecule has 6 nitrogen and oxygen atoms in total. The normalized spacial score (nSPS) is 10.5. The van der Waals surface area contributed by atoms with Crippen LogP contribution >= 0.6 is 0 Å². The fourth-order valence-corrected chi connectivity index (χ4v) is 2.88. The van der Waals surface area contributed by atoms with E-state index in [4.69, 9.17) is 9.47 Å². The molecule has 27 heavy (non-hydrogen) atoms. The van der Waals surface area contributed by atoms with Crippen LogP contribution in [0.5, 0.6) is 11.5 Å². The molecule has 140 valence electrons. The molecule has 1 aromatic heterocycles. The number of hydrogen-bond acceptors (Lipinski definition) is 4. The highest BCUT2D eigenvalue weighted by Gasteiger charge is 2.17. The average Bonchev–Trinajstić information content (AvgIpc) is 3.09. The van der Waals surface area contributed by atoms with Gasteiger partial charge in [-0.15, -0.1) is 0 Å². The van der Waals surface area contributed by atoms with Crippen molar-refractivity contribution in [2.45, 2.75) is 6.42 Å². The van der Waals surface area contributed by atoms with Gasteiger partial charge in [-0.25, -0.2) is 0 Å². The van der Waals surface area contributed by atoms with E-state index in [0.29, 0.717) is 29.4 Å². The first-order valence-corrected chi connectivity index (χ1v) is 8.71. The quantitative estimate of drug-likeness (QED) is 0.699.